The summed E-state index contributed by atoms with van der Waals surface area (Å²) in [5.41, 5.74) is 0. The lowest BCUT2D eigenvalue weighted by Gasteiger charge is -2.19. The molecule has 0 aliphatic rings. The van der Waals surface area contributed by atoms with Crippen molar-refractivity contribution in [2.24, 2.45) is 5.92 Å². The van der Waals surface area contributed by atoms with E-state index >= 15 is 0 Å². The molecule has 0 saturated heterocycles. The van der Waals surface area contributed by atoms with Crippen molar-refractivity contribution < 1.29 is 13.2 Å². The molecule has 0 N–H and O–H groups in total. The molecule has 0 bridgehead atoms. The van der Waals surface area contributed by atoms with Crippen LogP contribution in [0.3, 0.4) is 0 Å². The molecule has 16 heavy (non-hydrogen) atoms. The molecule has 0 aromatic heterocycles. The first-order valence-corrected chi connectivity index (χ1v) is 7.20. The molecule has 1 unspecified atom stereocenters. The largest absolute Gasteiger partial charge is 0.344 e. The van der Waals surface area contributed by atoms with Crippen LogP contribution in [0.2, 0.25) is 0 Å². The van der Waals surface area contributed by atoms with Gasteiger partial charge in [0.15, 0.2) is 0 Å². The zero-order valence-corrected chi connectivity index (χ0v) is 10.7. The van der Waals surface area contributed by atoms with Crippen molar-refractivity contribution in [3.05, 3.63) is 0 Å². The van der Waals surface area contributed by atoms with Gasteiger partial charge < -0.3 is 4.90 Å². The van der Waals surface area contributed by atoms with Crippen molar-refractivity contribution in [3.8, 4) is 6.07 Å². The number of amides is 1. The van der Waals surface area contributed by atoms with Gasteiger partial charge in [0.1, 0.15) is 15.8 Å². The standard InChI is InChI=1S/C10H18N2O3S/c1-4-5-9(8-11)10(13)12(2)6-7-16(3,14)15/h9H,4-7H2,1-3H3. The van der Waals surface area contributed by atoms with Crippen LogP contribution < -0.4 is 0 Å². The lowest BCUT2D eigenvalue weighted by atomic mass is 10.0. The Kier molecular flexibility index (Phi) is 6.04. The van der Waals surface area contributed by atoms with Crippen molar-refractivity contribution in [2.45, 2.75) is 19.8 Å². The summed E-state index contributed by atoms with van der Waals surface area (Å²) in [7, 11) is -1.55. The predicted molar refractivity (Wildman–Crippen MR) is 61.4 cm³/mol. The fourth-order valence-electron chi connectivity index (χ4n) is 1.21. The highest BCUT2D eigenvalue weighted by molar-refractivity contribution is 7.90. The molecular formula is C10H18N2O3S. The van der Waals surface area contributed by atoms with Crippen LogP contribution in [0.4, 0.5) is 0 Å². The van der Waals surface area contributed by atoms with Crippen molar-refractivity contribution in [1.82, 2.24) is 4.90 Å². The Bertz CT molecular complexity index is 370. The van der Waals surface area contributed by atoms with Crippen LogP contribution in [-0.4, -0.2) is 44.8 Å². The molecule has 0 saturated carbocycles. The van der Waals surface area contributed by atoms with Crippen molar-refractivity contribution in [2.75, 3.05) is 25.6 Å². The molecular weight excluding hydrogens is 228 g/mol. The fourth-order valence-corrected chi connectivity index (χ4v) is 1.82. The summed E-state index contributed by atoms with van der Waals surface area (Å²) in [6.45, 7) is 2.04. The van der Waals surface area contributed by atoms with E-state index in [1.807, 2.05) is 13.0 Å². The Morgan fingerprint density at radius 3 is 2.44 bits per heavy atom. The van der Waals surface area contributed by atoms with Crippen molar-refractivity contribution in [3.63, 3.8) is 0 Å². The Labute approximate surface area is 97.0 Å². The van der Waals surface area contributed by atoms with Gasteiger partial charge >= 0.3 is 0 Å². The van der Waals surface area contributed by atoms with E-state index in [2.05, 4.69) is 0 Å². The molecule has 0 heterocycles. The van der Waals surface area contributed by atoms with Crippen LogP contribution in [0.5, 0.6) is 0 Å². The summed E-state index contributed by atoms with van der Waals surface area (Å²) in [5, 5.41) is 8.79. The van der Waals surface area contributed by atoms with Gasteiger partial charge in [-0.1, -0.05) is 13.3 Å². The molecule has 0 aliphatic carbocycles. The predicted octanol–water partition coefficient (Wildman–Crippen LogP) is 0.429. The summed E-state index contributed by atoms with van der Waals surface area (Å²) in [6.07, 6.45) is 2.39. The van der Waals surface area contributed by atoms with E-state index in [1.165, 1.54) is 11.9 Å². The average molecular weight is 246 g/mol. The van der Waals surface area contributed by atoms with Gasteiger partial charge in [-0.15, -0.1) is 0 Å². The van der Waals surface area contributed by atoms with Crippen LogP contribution in [0.1, 0.15) is 19.8 Å². The van der Waals surface area contributed by atoms with E-state index in [0.717, 1.165) is 12.7 Å². The van der Waals surface area contributed by atoms with Gasteiger partial charge in [-0.25, -0.2) is 8.42 Å². The van der Waals surface area contributed by atoms with Crippen LogP contribution >= 0.6 is 0 Å². The summed E-state index contributed by atoms with van der Waals surface area (Å²) in [4.78, 5) is 13.0. The van der Waals surface area contributed by atoms with Crippen LogP contribution in [0.25, 0.3) is 0 Å². The maximum atomic E-state index is 11.7. The van der Waals surface area contributed by atoms with Crippen LogP contribution in [0.15, 0.2) is 0 Å². The monoisotopic (exact) mass is 246 g/mol. The molecule has 92 valence electrons. The number of carbonyl (C=O) groups is 1. The van der Waals surface area contributed by atoms with Crippen LogP contribution in [-0.2, 0) is 14.6 Å². The van der Waals surface area contributed by atoms with Gasteiger partial charge in [-0.3, -0.25) is 4.79 Å². The van der Waals surface area contributed by atoms with E-state index in [4.69, 9.17) is 5.26 Å². The molecule has 5 nitrogen and oxygen atoms in total. The Balaban J connectivity index is 4.33. The topological polar surface area (TPSA) is 78.2 Å². The number of nitriles is 1. The summed E-state index contributed by atoms with van der Waals surface area (Å²) < 4.78 is 21.8. The quantitative estimate of drug-likeness (QED) is 0.681. The summed E-state index contributed by atoms with van der Waals surface area (Å²) in [6, 6.07) is 1.94. The lowest BCUT2D eigenvalue weighted by molar-refractivity contribution is -0.132. The third kappa shape index (κ3) is 5.71. The number of sulfone groups is 1. The minimum absolute atomic E-state index is 0.0699. The maximum absolute atomic E-state index is 11.7. The fraction of sp³-hybridized carbons (Fsp3) is 0.800. The smallest absolute Gasteiger partial charge is 0.239 e. The second-order valence-corrected chi connectivity index (χ2v) is 6.12. The molecule has 0 fully saturated rings. The second-order valence-electron chi connectivity index (χ2n) is 3.86. The van der Waals surface area contributed by atoms with Gasteiger partial charge in [0, 0.05) is 19.8 Å². The van der Waals surface area contributed by atoms with E-state index in [-0.39, 0.29) is 18.2 Å². The van der Waals surface area contributed by atoms with Gasteiger partial charge in [-0.2, -0.15) is 5.26 Å². The number of rotatable bonds is 6. The highest BCUT2D eigenvalue weighted by atomic mass is 32.2. The zero-order chi connectivity index (χ0) is 12.8. The van der Waals surface area contributed by atoms with Gasteiger partial charge in [0.25, 0.3) is 0 Å². The third-order valence-corrected chi connectivity index (χ3v) is 3.13. The highest BCUT2D eigenvalue weighted by Crippen LogP contribution is 2.08. The third-order valence-electron chi connectivity index (χ3n) is 2.20. The molecule has 1 amide bonds. The number of carbonyl (C=O) groups excluding carboxylic acids is 1. The molecule has 0 aliphatic heterocycles. The van der Waals surface area contributed by atoms with Crippen molar-refractivity contribution >= 4 is 15.7 Å². The normalized spacial score (nSPS) is 12.9. The Morgan fingerprint density at radius 1 is 1.50 bits per heavy atom. The molecule has 0 rings (SSSR count). The summed E-state index contributed by atoms with van der Waals surface area (Å²) >= 11 is 0. The molecule has 0 aromatic rings. The van der Waals surface area contributed by atoms with E-state index in [9.17, 15) is 13.2 Å². The SMILES string of the molecule is CCCC(C#N)C(=O)N(C)CCS(C)(=O)=O. The van der Waals surface area contributed by atoms with Gasteiger partial charge in [-0.05, 0) is 6.42 Å². The lowest BCUT2D eigenvalue weighted by Crippen LogP contribution is -2.35. The minimum atomic E-state index is -3.07. The number of nitrogens with zero attached hydrogens (tertiary/aromatic N) is 2. The minimum Gasteiger partial charge on any atom is -0.344 e. The molecule has 1 atom stereocenters. The van der Waals surface area contributed by atoms with Crippen LogP contribution in [0, 0.1) is 17.2 Å². The van der Waals surface area contributed by atoms with Gasteiger partial charge in [0.05, 0.1) is 11.8 Å². The Morgan fingerprint density at radius 2 is 2.06 bits per heavy atom. The molecule has 0 aromatic carbocycles. The molecule has 0 radical (unpaired) electrons. The van der Waals surface area contributed by atoms with E-state index in [0.29, 0.717) is 6.42 Å². The first-order chi connectivity index (χ1) is 7.31. The average Bonchev–Trinajstić information content (AvgIpc) is 2.20. The molecule has 6 heteroatoms. The first kappa shape index (κ1) is 14.9. The maximum Gasteiger partial charge on any atom is 0.239 e. The van der Waals surface area contributed by atoms with Gasteiger partial charge in [0.2, 0.25) is 5.91 Å². The number of hydrogen-bond acceptors (Lipinski definition) is 4. The highest BCUT2D eigenvalue weighted by Gasteiger charge is 2.21. The molecule has 0 spiro atoms. The zero-order valence-electron chi connectivity index (χ0n) is 9.93. The van der Waals surface area contributed by atoms with Crippen molar-refractivity contribution in [1.29, 1.82) is 5.26 Å². The number of hydrogen-bond donors (Lipinski definition) is 0. The second kappa shape index (κ2) is 6.48. The Hall–Kier alpha value is -1.09. The summed E-state index contributed by atoms with van der Waals surface area (Å²) in [5.74, 6) is -1.03. The van der Waals surface area contributed by atoms with E-state index < -0.39 is 15.8 Å². The first-order valence-electron chi connectivity index (χ1n) is 5.14. The van der Waals surface area contributed by atoms with E-state index in [1.54, 1.807) is 0 Å².